The molecule has 0 aromatic carbocycles. The summed E-state index contributed by atoms with van der Waals surface area (Å²) in [5, 5.41) is 7.88. The number of rotatable bonds is 7. The van der Waals surface area contributed by atoms with E-state index >= 15 is 0 Å². The smallest absolute Gasteiger partial charge is 0.0597 e. The number of ether oxygens (including phenoxy) is 1. The van der Waals surface area contributed by atoms with E-state index in [0.717, 1.165) is 31.7 Å². The third-order valence-electron chi connectivity index (χ3n) is 2.69. The van der Waals surface area contributed by atoms with Crippen LogP contribution < -0.4 is 5.32 Å². The van der Waals surface area contributed by atoms with Crippen LogP contribution >= 0.6 is 0 Å². The summed E-state index contributed by atoms with van der Waals surface area (Å²) in [5.74, 6) is 0. The average Bonchev–Trinajstić information content (AvgIpc) is 2.57. The SMILES string of the molecule is CCNC(CCCOC)c1cc(C)nn1C. The molecule has 0 spiro atoms. The van der Waals surface area contributed by atoms with E-state index in [1.807, 2.05) is 18.7 Å². The van der Waals surface area contributed by atoms with Gasteiger partial charge in [0.1, 0.15) is 0 Å². The number of hydrogen-bond acceptors (Lipinski definition) is 3. The number of aromatic nitrogens is 2. The number of nitrogens with zero attached hydrogens (tertiary/aromatic N) is 2. The summed E-state index contributed by atoms with van der Waals surface area (Å²) < 4.78 is 7.06. The second-order valence-electron chi connectivity index (χ2n) is 4.08. The summed E-state index contributed by atoms with van der Waals surface area (Å²) in [6.07, 6.45) is 2.15. The quantitative estimate of drug-likeness (QED) is 0.719. The van der Waals surface area contributed by atoms with Gasteiger partial charge in [0.2, 0.25) is 0 Å². The van der Waals surface area contributed by atoms with Gasteiger partial charge in [-0.2, -0.15) is 5.10 Å². The van der Waals surface area contributed by atoms with Crippen LogP contribution in [0.4, 0.5) is 0 Å². The van der Waals surface area contributed by atoms with Crippen LogP contribution in [0.3, 0.4) is 0 Å². The highest BCUT2D eigenvalue weighted by Crippen LogP contribution is 2.18. The minimum absolute atomic E-state index is 0.381. The maximum atomic E-state index is 5.09. The Hall–Kier alpha value is -0.870. The molecule has 0 aliphatic rings. The fraction of sp³-hybridized carbons (Fsp3) is 0.750. The van der Waals surface area contributed by atoms with Gasteiger partial charge in [-0.15, -0.1) is 0 Å². The van der Waals surface area contributed by atoms with Crippen molar-refractivity contribution in [3.63, 3.8) is 0 Å². The molecule has 4 heteroatoms. The molecular formula is C12H23N3O. The van der Waals surface area contributed by atoms with Crippen molar-refractivity contribution >= 4 is 0 Å². The zero-order chi connectivity index (χ0) is 12.0. The Kier molecular flexibility index (Phi) is 5.49. The Balaban J connectivity index is 2.64. The molecule has 0 aliphatic heterocycles. The molecule has 1 aromatic rings. The lowest BCUT2D eigenvalue weighted by Crippen LogP contribution is -2.23. The van der Waals surface area contributed by atoms with Crippen molar-refractivity contribution < 1.29 is 4.74 Å². The second-order valence-corrected chi connectivity index (χ2v) is 4.08. The molecule has 0 radical (unpaired) electrons. The van der Waals surface area contributed by atoms with Crippen molar-refractivity contribution in [2.75, 3.05) is 20.3 Å². The summed E-state index contributed by atoms with van der Waals surface area (Å²) in [6, 6.07) is 2.53. The Morgan fingerprint density at radius 3 is 2.81 bits per heavy atom. The first-order valence-corrected chi connectivity index (χ1v) is 5.91. The average molecular weight is 225 g/mol. The number of aryl methyl sites for hydroxylation is 2. The van der Waals surface area contributed by atoms with Crippen LogP contribution in [0.15, 0.2) is 6.07 Å². The largest absolute Gasteiger partial charge is 0.385 e. The molecular weight excluding hydrogens is 202 g/mol. The normalized spacial score (nSPS) is 13.0. The molecule has 1 N–H and O–H groups in total. The highest BCUT2D eigenvalue weighted by atomic mass is 16.5. The predicted molar refractivity (Wildman–Crippen MR) is 65.5 cm³/mol. The maximum Gasteiger partial charge on any atom is 0.0597 e. The summed E-state index contributed by atoms with van der Waals surface area (Å²) in [5.41, 5.74) is 2.34. The van der Waals surface area contributed by atoms with Gasteiger partial charge in [-0.05, 0) is 32.4 Å². The van der Waals surface area contributed by atoms with Gasteiger partial charge < -0.3 is 10.1 Å². The Morgan fingerprint density at radius 2 is 2.31 bits per heavy atom. The molecule has 0 saturated carbocycles. The van der Waals surface area contributed by atoms with E-state index in [0.29, 0.717) is 6.04 Å². The van der Waals surface area contributed by atoms with Crippen molar-refractivity contribution in [1.82, 2.24) is 15.1 Å². The minimum atomic E-state index is 0.381. The molecule has 1 rings (SSSR count). The van der Waals surface area contributed by atoms with E-state index in [1.165, 1.54) is 5.69 Å². The molecule has 1 unspecified atom stereocenters. The van der Waals surface area contributed by atoms with Gasteiger partial charge in [0.05, 0.1) is 11.4 Å². The second kappa shape index (κ2) is 6.66. The molecule has 1 atom stereocenters. The van der Waals surface area contributed by atoms with Crippen LogP contribution in [-0.2, 0) is 11.8 Å². The molecule has 1 heterocycles. The van der Waals surface area contributed by atoms with E-state index in [1.54, 1.807) is 7.11 Å². The first-order chi connectivity index (χ1) is 7.69. The van der Waals surface area contributed by atoms with E-state index in [-0.39, 0.29) is 0 Å². The highest BCUT2D eigenvalue weighted by molar-refractivity contribution is 5.13. The van der Waals surface area contributed by atoms with Gasteiger partial charge in [0.15, 0.2) is 0 Å². The topological polar surface area (TPSA) is 39.1 Å². The number of methoxy groups -OCH3 is 1. The van der Waals surface area contributed by atoms with Gasteiger partial charge in [-0.25, -0.2) is 0 Å². The van der Waals surface area contributed by atoms with Crippen molar-refractivity contribution in [2.24, 2.45) is 7.05 Å². The van der Waals surface area contributed by atoms with E-state index in [4.69, 9.17) is 4.74 Å². The van der Waals surface area contributed by atoms with Crippen LogP contribution in [0.2, 0.25) is 0 Å². The van der Waals surface area contributed by atoms with Crippen LogP contribution in [-0.4, -0.2) is 30.0 Å². The summed E-state index contributed by atoms with van der Waals surface area (Å²) >= 11 is 0. The predicted octanol–water partition coefficient (Wildman–Crippen LogP) is 1.81. The Labute approximate surface area is 98.0 Å². The van der Waals surface area contributed by atoms with Crippen molar-refractivity contribution in [2.45, 2.75) is 32.7 Å². The van der Waals surface area contributed by atoms with Crippen LogP contribution in [0.5, 0.6) is 0 Å². The molecule has 16 heavy (non-hydrogen) atoms. The zero-order valence-electron chi connectivity index (χ0n) is 10.8. The van der Waals surface area contributed by atoms with Crippen LogP contribution in [0, 0.1) is 6.92 Å². The standard InChI is InChI=1S/C12H23N3O/c1-5-13-11(7-6-8-16-4)12-9-10(2)14-15(12)3/h9,11,13H,5-8H2,1-4H3. The van der Waals surface area contributed by atoms with Gasteiger partial charge in [-0.3, -0.25) is 4.68 Å². The lowest BCUT2D eigenvalue weighted by Gasteiger charge is -2.17. The first kappa shape index (κ1) is 13.2. The van der Waals surface area contributed by atoms with Crippen LogP contribution in [0.25, 0.3) is 0 Å². The molecule has 92 valence electrons. The van der Waals surface area contributed by atoms with Gasteiger partial charge in [0, 0.05) is 26.8 Å². The van der Waals surface area contributed by atoms with Gasteiger partial charge in [-0.1, -0.05) is 6.92 Å². The highest BCUT2D eigenvalue weighted by Gasteiger charge is 2.14. The molecule has 0 amide bonds. The number of nitrogens with one attached hydrogen (secondary N) is 1. The number of hydrogen-bond donors (Lipinski definition) is 1. The van der Waals surface area contributed by atoms with Crippen molar-refractivity contribution in [3.8, 4) is 0 Å². The molecule has 0 fully saturated rings. The molecule has 0 aliphatic carbocycles. The minimum Gasteiger partial charge on any atom is -0.385 e. The molecule has 0 bridgehead atoms. The van der Waals surface area contributed by atoms with E-state index in [9.17, 15) is 0 Å². The molecule has 4 nitrogen and oxygen atoms in total. The third-order valence-corrected chi connectivity index (χ3v) is 2.69. The summed E-state index contributed by atoms with van der Waals surface area (Å²) in [4.78, 5) is 0. The fourth-order valence-corrected chi connectivity index (χ4v) is 1.99. The zero-order valence-corrected chi connectivity index (χ0v) is 10.8. The lowest BCUT2D eigenvalue weighted by atomic mass is 10.1. The summed E-state index contributed by atoms with van der Waals surface area (Å²) in [6.45, 7) is 5.95. The monoisotopic (exact) mass is 225 g/mol. The van der Waals surface area contributed by atoms with Gasteiger partial charge in [0.25, 0.3) is 0 Å². The maximum absolute atomic E-state index is 5.09. The van der Waals surface area contributed by atoms with E-state index in [2.05, 4.69) is 23.4 Å². The summed E-state index contributed by atoms with van der Waals surface area (Å²) in [7, 11) is 3.75. The van der Waals surface area contributed by atoms with Crippen molar-refractivity contribution in [1.29, 1.82) is 0 Å². The lowest BCUT2D eigenvalue weighted by molar-refractivity contribution is 0.188. The van der Waals surface area contributed by atoms with E-state index < -0.39 is 0 Å². The van der Waals surface area contributed by atoms with Gasteiger partial charge >= 0.3 is 0 Å². The first-order valence-electron chi connectivity index (χ1n) is 5.91. The Morgan fingerprint density at radius 1 is 1.56 bits per heavy atom. The Bertz CT molecular complexity index is 309. The molecule has 1 aromatic heterocycles. The third kappa shape index (κ3) is 3.61. The van der Waals surface area contributed by atoms with Crippen molar-refractivity contribution in [3.05, 3.63) is 17.5 Å². The molecule has 0 saturated heterocycles. The fourth-order valence-electron chi connectivity index (χ4n) is 1.99. The van der Waals surface area contributed by atoms with Crippen LogP contribution in [0.1, 0.15) is 37.2 Å².